The summed E-state index contributed by atoms with van der Waals surface area (Å²) in [6, 6.07) is -0.216. The molecule has 0 saturated heterocycles. The molecule has 4 heteroatoms. The van der Waals surface area contributed by atoms with Crippen LogP contribution in [0.1, 0.15) is 39.0 Å². The van der Waals surface area contributed by atoms with Gasteiger partial charge in [0.25, 0.3) is 0 Å². The topological polar surface area (TPSA) is 12.0 Å². The molecular formula is C13H22F3N. The molecule has 0 aromatic rings. The molecule has 0 amide bonds. The van der Waals surface area contributed by atoms with E-state index in [1.54, 1.807) is 6.08 Å². The van der Waals surface area contributed by atoms with Crippen LogP contribution in [0, 0.1) is 0 Å². The SMILES string of the molecule is C=CCNC(/C=C/C(F)(F)F)CCCCCC. The maximum absolute atomic E-state index is 12.0. The van der Waals surface area contributed by atoms with Gasteiger partial charge in [0, 0.05) is 18.7 Å². The van der Waals surface area contributed by atoms with E-state index < -0.39 is 6.18 Å². The Morgan fingerprint density at radius 1 is 1.24 bits per heavy atom. The highest BCUT2D eigenvalue weighted by atomic mass is 19.4. The molecule has 0 aromatic carbocycles. The molecule has 1 N–H and O–H groups in total. The second kappa shape index (κ2) is 9.28. The summed E-state index contributed by atoms with van der Waals surface area (Å²) in [5.41, 5.74) is 0. The van der Waals surface area contributed by atoms with Crippen LogP contribution in [0.2, 0.25) is 0 Å². The van der Waals surface area contributed by atoms with E-state index >= 15 is 0 Å². The van der Waals surface area contributed by atoms with E-state index in [9.17, 15) is 13.2 Å². The van der Waals surface area contributed by atoms with Crippen LogP contribution in [0.3, 0.4) is 0 Å². The molecular weight excluding hydrogens is 227 g/mol. The summed E-state index contributed by atoms with van der Waals surface area (Å²) in [5.74, 6) is 0. The zero-order valence-corrected chi connectivity index (χ0v) is 10.4. The molecule has 100 valence electrons. The third-order valence-electron chi connectivity index (χ3n) is 2.41. The van der Waals surface area contributed by atoms with E-state index in [1.807, 2.05) is 0 Å². The lowest BCUT2D eigenvalue weighted by Crippen LogP contribution is -2.27. The number of allylic oxidation sites excluding steroid dienone is 1. The number of nitrogens with one attached hydrogen (secondary N) is 1. The Kier molecular flexibility index (Phi) is 8.86. The third-order valence-corrected chi connectivity index (χ3v) is 2.41. The standard InChI is InChI=1S/C13H22F3N/c1-3-5-6-7-8-12(17-11-4-2)9-10-13(14,15)16/h4,9-10,12,17H,2-3,5-8,11H2,1H3/b10-9+. The number of unbranched alkanes of at least 4 members (excludes halogenated alkanes) is 3. The maximum Gasteiger partial charge on any atom is 0.409 e. The average molecular weight is 249 g/mol. The molecule has 0 bridgehead atoms. The quantitative estimate of drug-likeness (QED) is 0.476. The summed E-state index contributed by atoms with van der Waals surface area (Å²) < 4.78 is 36.1. The number of alkyl halides is 3. The molecule has 0 fully saturated rings. The highest BCUT2D eigenvalue weighted by Gasteiger charge is 2.22. The van der Waals surface area contributed by atoms with Crippen molar-refractivity contribution in [2.45, 2.75) is 51.2 Å². The Balaban J connectivity index is 4.04. The van der Waals surface area contributed by atoms with E-state index in [2.05, 4.69) is 18.8 Å². The fourth-order valence-corrected chi connectivity index (χ4v) is 1.52. The largest absolute Gasteiger partial charge is 0.409 e. The van der Waals surface area contributed by atoms with Gasteiger partial charge in [0.2, 0.25) is 0 Å². The molecule has 1 unspecified atom stereocenters. The predicted molar refractivity (Wildman–Crippen MR) is 65.9 cm³/mol. The van der Waals surface area contributed by atoms with Gasteiger partial charge in [-0.05, 0) is 6.42 Å². The lowest BCUT2D eigenvalue weighted by molar-refractivity contribution is -0.0801. The van der Waals surface area contributed by atoms with Gasteiger partial charge in [0.15, 0.2) is 0 Å². The molecule has 0 radical (unpaired) electrons. The van der Waals surface area contributed by atoms with Crippen LogP contribution in [0.25, 0.3) is 0 Å². The van der Waals surface area contributed by atoms with Crippen molar-refractivity contribution in [3.8, 4) is 0 Å². The number of halogens is 3. The fraction of sp³-hybridized carbons (Fsp3) is 0.692. The second-order valence-electron chi connectivity index (χ2n) is 4.05. The predicted octanol–water partition coefficient (Wildman–Crippen LogP) is 4.22. The van der Waals surface area contributed by atoms with E-state index in [1.165, 1.54) is 6.08 Å². The first-order valence-electron chi connectivity index (χ1n) is 6.10. The van der Waals surface area contributed by atoms with Crippen molar-refractivity contribution >= 4 is 0 Å². The third kappa shape index (κ3) is 11.5. The monoisotopic (exact) mass is 249 g/mol. The van der Waals surface area contributed by atoms with E-state index in [0.717, 1.165) is 32.1 Å². The minimum Gasteiger partial charge on any atom is -0.307 e. The molecule has 1 nitrogen and oxygen atoms in total. The summed E-state index contributed by atoms with van der Waals surface area (Å²) in [5, 5.41) is 3.01. The summed E-state index contributed by atoms with van der Waals surface area (Å²) >= 11 is 0. The van der Waals surface area contributed by atoms with E-state index in [-0.39, 0.29) is 6.04 Å². The number of hydrogen-bond acceptors (Lipinski definition) is 1. The summed E-state index contributed by atoms with van der Waals surface area (Å²) in [4.78, 5) is 0. The number of rotatable bonds is 9. The minimum atomic E-state index is -4.22. The molecule has 1 atom stereocenters. The smallest absolute Gasteiger partial charge is 0.307 e. The van der Waals surface area contributed by atoms with Crippen molar-refractivity contribution in [3.63, 3.8) is 0 Å². The Hall–Kier alpha value is -0.770. The van der Waals surface area contributed by atoms with Crippen molar-refractivity contribution in [1.82, 2.24) is 5.32 Å². The lowest BCUT2D eigenvalue weighted by Gasteiger charge is -2.14. The molecule has 0 aliphatic carbocycles. The molecule has 0 aliphatic rings. The Labute approximate surface area is 102 Å². The summed E-state index contributed by atoms with van der Waals surface area (Å²) in [6.45, 7) is 6.18. The van der Waals surface area contributed by atoms with Gasteiger partial charge >= 0.3 is 6.18 Å². The molecule has 0 rings (SSSR count). The zero-order valence-electron chi connectivity index (χ0n) is 10.4. The van der Waals surface area contributed by atoms with Gasteiger partial charge in [0.1, 0.15) is 0 Å². The second-order valence-corrected chi connectivity index (χ2v) is 4.05. The van der Waals surface area contributed by atoms with Gasteiger partial charge in [0.05, 0.1) is 0 Å². The zero-order chi connectivity index (χ0) is 13.1. The van der Waals surface area contributed by atoms with E-state index in [0.29, 0.717) is 12.6 Å². The Morgan fingerprint density at radius 3 is 2.47 bits per heavy atom. The van der Waals surface area contributed by atoms with Gasteiger partial charge in [-0.3, -0.25) is 0 Å². The summed E-state index contributed by atoms with van der Waals surface area (Å²) in [6.07, 6.45) is 3.97. The van der Waals surface area contributed by atoms with Gasteiger partial charge in [-0.2, -0.15) is 13.2 Å². The van der Waals surface area contributed by atoms with E-state index in [4.69, 9.17) is 0 Å². The van der Waals surface area contributed by atoms with Gasteiger partial charge in [-0.15, -0.1) is 6.58 Å². The van der Waals surface area contributed by atoms with Crippen LogP contribution in [-0.2, 0) is 0 Å². The van der Waals surface area contributed by atoms with Crippen LogP contribution < -0.4 is 5.32 Å². The van der Waals surface area contributed by atoms with Crippen molar-refractivity contribution in [1.29, 1.82) is 0 Å². The van der Waals surface area contributed by atoms with Gasteiger partial charge in [-0.1, -0.05) is 44.8 Å². The highest BCUT2D eigenvalue weighted by Crippen LogP contribution is 2.17. The maximum atomic E-state index is 12.0. The van der Waals surface area contributed by atoms with Crippen LogP contribution in [0.4, 0.5) is 13.2 Å². The van der Waals surface area contributed by atoms with Gasteiger partial charge in [-0.25, -0.2) is 0 Å². The Morgan fingerprint density at radius 2 is 1.94 bits per heavy atom. The molecule has 0 spiro atoms. The minimum absolute atomic E-state index is 0.216. The molecule has 0 aliphatic heterocycles. The molecule has 0 saturated carbocycles. The first kappa shape index (κ1) is 16.2. The van der Waals surface area contributed by atoms with Crippen molar-refractivity contribution in [3.05, 3.63) is 24.8 Å². The fourth-order valence-electron chi connectivity index (χ4n) is 1.52. The molecule has 17 heavy (non-hydrogen) atoms. The molecule has 0 heterocycles. The summed E-state index contributed by atoms with van der Waals surface area (Å²) in [7, 11) is 0. The van der Waals surface area contributed by atoms with Gasteiger partial charge < -0.3 is 5.32 Å². The van der Waals surface area contributed by atoms with Crippen molar-refractivity contribution in [2.75, 3.05) is 6.54 Å². The molecule has 0 aromatic heterocycles. The van der Waals surface area contributed by atoms with Crippen LogP contribution in [0.5, 0.6) is 0 Å². The van der Waals surface area contributed by atoms with Crippen LogP contribution in [-0.4, -0.2) is 18.8 Å². The number of hydrogen-bond donors (Lipinski definition) is 1. The van der Waals surface area contributed by atoms with Crippen LogP contribution >= 0.6 is 0 Å². The first-order chi connectivity index (χ1) is 7.99. The Bertz CT molecular complexity index is 221. The van der Waals surface area contributed by atoms with Crippen LogP contribution in [0.15, 0.2) is 24.8 Å². The van der Waals surface area contributed by atoms with Crippen molar-refractivity contribution < 1.29 is 13.2 Å². The van der Waals surface area contributed by atoms with Crippen molar-refractivity contribution in [2.24, 2.45) is 0 Å². The average Bonchev–Trinajstić information content (AvgIpc) is 2.25. The lowest BCUT2D eigenvalue weighted by atomic mass is 10.1. The first-order valence-corrected chi connectivity index (χ1v) is 6.10. The highest BCUT2D eigenvalue weighted by molar-refractivity contribution is 4.98. The normalized spacial score (nSPS) is 14.1.